The minimum Gasteiger partial charge on any atom is -0.496 e. The van der Waals surface area contributed by atoms with Gasteiger partial charge in [0.05, 0.1) is 11.9 Å². The van der Waals surface area contributed by atoms with E-state index < -0.39 is 0 Å². The fraction of sp³-hybridized carbons (Fsp3) is 0.125. The van der Waals surface area contributed by atoms with Gasteiger partial charge in [0.1, 0.15) is 5.75 Å². The van der Waals surface area contributed by atoms with Crippen molar-refractivity contribution < 1.29 is 4.74 Å². The first-order valence-electron chi connectivity index (χ1n) is 6.14. The van der Waals surface area contributed by atoms with Gasteiger partial charge in [-0.05, 0) is 40.6 Å². The first kappa shape index (κ1) is 13.9. The average molecular weight is 368 g/mol. The molecular weight excluding hydrogens is 356 g/mol. The van der Waals surface area contributed by atoms with Crippen LogP contribution in [0.25, 0.3) is 10.1 Å². The molecular formula is C16H12BrClOS. The number of ether oxygens (including phenoxy) is 1. The van der Waals surface area contributed by atoms with Crippen molar-refractivity contribution in [2.75, 3.05) is 7.11 Å². The van der Waals surface area contributed by atoms with Crippen LogP contribution in [0.15, 0.2) is 47.8 Å². The summed E-state index contributed by atoms with van der Waals surface area (Å²) in [6.07, 6.45) is 0. The third kappa shape index (κ3) is 2.46. The van der Waals surface area contributed by atoms with Crippen molar-refractivity contribution in [2.45, 2.75) is 4.83 Å². The van der Waals surface area contributed by atoms with Gasteiger partial charge in [-0.3, -0.25) is 0 Å². The van der Waals surface area contributed by atoms with E-state index in [1.165, 1.54) is 15.6 Å². The summed E-state index contributed by atoms with van der Waals surface area (Å²) < 4.78 is 6.73. The highest BCUT2D eigenvalue weighted by Gasteiger charge is 2.19. The normalized spacial score (nSPS) is 12.6. The van der Waals surface area contributed by atoms with Crippen LogP contribution in [0.3, 0.4) is 0 Å². The second kappa shape index (κ2) is 5.76. The molecule has 0 N–H and O–H groups in total. The highest BCUT2D eigenvalue weighted by Crippen LogP contribution is 2.42. The number of methoxy groups -OCH3 is 1. The molecule has 3 aromatic rings. The lowest BCUT2D eigenvalue weighted by Gasteiger charge is -2.14. The lowest BCUT2D eigenvalue weighted by atomic mass is 10.0. The predicted octanol–water partition coefficient (Wildman–Crippen LogP) is 6.05. The maximum absolute atomic E-state index is 6.12. The summed E-state index contributed by atoms with van der Waals surface area (Å²) in [5.74, 6) is 0.839. The summed E-state index contributed by atoms with van der Waals surface area (Å²) in [7, 11) is 1.68. The van der Waals surface area contributed by atoms with Crippen LogP contribution in [0, 0.1) is 0 Å². The van der Waals surface area contributed by atoms with Gasteiger partial charge in [0.15, 0.2) is 0 Å². The summed E-state index contributed by atoms with van der Waals surface area (Å²) >= 11 is 11.7. The van der Waals surface area contributed by atoms with E-state index in [-0.39, 0.29) is 4.83 Å². The number of rotatable bonds is 3. The maximum Gasteiger partial charge on any atom is 0.123 e. The van der Waals surface area contributed by atoms with Crippen LogP contribution in [0.5, 0.6) is 5.75 Å². The minimum absolute atomic E-state index is 0.0623. The Kier molecular flexibility index (Phi) is 4.01. The molecule has 0 aliphatic heterocycles. The van der Waals surface area contributed by atoms with Crippen LogP contribution in [0.1, 0.15) is 16.0 Å². The van der Waals surface area contributed by atoms with E-state index in [1.807, 2.05) is 18.2 Å². The Morgan fingerprint density at radius 2 is 1.95 bits per heavy atom. The topological polar surface area (TPSA) is 9.23 Å². The van der Waals surface area contributed by atoms with E-state index in [9.17, 15) is 0 Å². The largest absolute Gasteiger partial charge is 0.496 e. The molecule has 1 heterocycles. The van der Waals surface area contributed by atoms with Gasteiger partial charge in [-0.2, -0.15) is 0 Å². The SMILES string of the molecule is COc1ccc(Cl)cc1C(Br)c1csc2ccccc12. The van der Waals surface area contributed by atoms with Gasteiger partial charge in [-0.1, -0.05) is 45.7 Å². The first-order valence-corrected chi connectivity index (χ1v) is 8.31. The van der Waals surface area contributed by atoms with Crippen LogP contribution in [-0.2, 0) is 0 Å². The van der Waals surface area contributed by atoms with Crippen molar-refractivity contribution in [1.29, 1.82) is 0 Å². The Balaban J connectivity index is 2.13. The number of hydrogen-bond acceptors (Lipinski definition) is 2. The lowest BCUT2D eigenvalue weighted by Crippen LogP contribution is -1.96. The first-order chi connectivity index (χ1) is 9.70. The maximum atomic E-state index is 6.12. The van der Waals surface area contributed by atoms with Crippen LogP contribution >= 0.6 is 38.9 Å². The van der Waals surface area contributed by atoms with E-state index in [0.717, 1.165) is 11.3 Å². The van der Waals surface area contributed by atoms with E-state index >= 15 is 0 Å². The summed E-state index contributed by atoms with van der Waals surface area (Å²) in [4.78, 5) is 0.0623. The Hall–Kier alpha value is -1.03. The lowest BCUT2D eigenvalue weighted by molar-refractivity contribution is 0.410. The number of alkyl halides is 1. The van der Waals surface area contributed by atoms with Gasteiger partial charge >= 0.3 is 0 Å². The van der Waals surface area contributed by atoms with Crippen molar-refractivity contribution in [1.82, 2.24) is 0 Å². The van der Waals surface area contributed by atoms with E-state index in [1.54, 1.807) is 18.4 Å². The number of fused-ring (bicyclic) bond motifs is 1. The molecule has 3 rings (SSSR count). The molecule has 102 valence electrons. The summed E-state index contributed by atoms with van der Waals surface area (Å²) in [6, 6.07) is 14.1. The molecule has 0 aliphatic carbocycles. The fourth-order valence-electron chi connectivity index (χ4n) is 2.27. The molecule has 0 spiro atoms. The van der Waals surface area contributed by atoms with Gasteiger partial charge in [-0.25, -0.2) is 0 Å². The Morgan fingerprint density at radius 1 is 1.15 bits per heavy atom. The van der Waals surface area contributed by atoms with Crippen molar-refractivity contribution in [3.63, 3.8) is 0 Å². The molecule has 1 unspecified atom stereocenters. The second-order valence-electron chi connectivity index (χ2n) is 4.44. The summed E-state index contributed by atoms with van der Waals surface area (Å²) in [6.45, 7) is 0. The van der Waals surface area contributed by atoms with Gasteiger partial charge < -0.3 is 4.74 Å². The van der Waals surface area contributed by atoms with Crippen molar-refractivity contribution in [3.05, 3.63) is 64.0 Å². The number of thiophene rings is 1. The molecule has 1 aromatic heterocycles. The Morgan fingerprint density at radius 3 is 2.75 bits per heavy atom. The van der Waals surface area contributed by atoms with E-state index in [2.05, 4.69) is 45.6 Å². The minimum atomic E-state index is 0.0623. The standard InChI is InChI=1S/C16H12BrClOS/c1-19-14-7-6-10(18)8-12(14)16(17)13-9-20-15-5-3-2-4-11(13)15/h2-9,16H,1H3. The Bertz CT molecular complexity index is 753. The molecule has 1 atom stereocenters. The van der Waals surface area contributed by atoms with Crippen LogP contribution in [0.4, 0.5) is 0 Å². The molecule has 0 fully saturated rings. The molecule has 0 saturated carbocycles. The number of hydrogen-bond donors (Lipinski definition) is 0. The van der Waals surface area contributed by atoms with Crippen LogP contribution in [0.2, 0.25) is 5.02 Å². The van der Waals surface area contributed by atoms with E-state index in [0.29, 0.717) is 5.02 Å². The molecule has 0 aliphatic rings. The van der Waals surface area contributed by atoms with E-state index in [4.69, 9.17) is 16.3 Å². The molecule has 0 amide bonds. The molecule has 1 nitrogen and oxygen atoms in total. The van der Waals surface area contributed by atoms with Gasteiger partial charge in [0, 0.05) is 15.3 Å². The molecule has 20 heavy (non-hydrogen) atoms. The second-order valence-corrected chi connectivity index (χ2v) is 6.70. The highest BCUT2D eigenvalue weighted by atomic mass is 79.9. The van der Waals surface area contributed by atoms with Crippen LogP contribution < -0.4 is 4.74 Å². The third-order valence-electron chi connectivity index (χ3n) is 3.25. The van der Waals surface area contributed by atoms with Crippen molar-refractivity contribution in [2.24, 2.45) is 0 Å². The smallest absolute Gasteiger partial charge is 0.123 e. The van der Waals surface area contributed by atoms with Gasteiger partial charge in [0.25, 0.3) is 0 Å². The molecule has 0 bridgehead atoms. The summed E-state index contributed by atoms with van der Waals surface area (Å²) in [5.41, 5.74) is 2.29. The Labute approximate surface area is 135 Å². The zero-order chi connectivity index (χ0) is 14.1. The number of halogens is 2. The van der Waals surface area contributed by atoms with Crippen LogP contribution in [-0.4, -0.2) is 7.11 Å². The molecule has 0 saturated heterocycles. The number of benzene rings is 2. The zero-order valence-corrected chi connectivity index (χ0v) is 13.9. The fourth-order valence-corrected chi connectivity index (χ4v) is 4.34. The van der Waals surface area contributed by atoms with Gasteiger partial charge in [0.2, 0.25) is 0 Å². The third-order valence-corrected chi connectivity index (χ3v) is 5.45. The molecule has 2 aromatic carbocycles. The molecule has 0 radical (unpaired) electrons. The quantitative estimate of drug-likeness (QED) is 0.512. The summed E-state index contributed by atoms with van der Waals surface area (Å²) in [5, 5.41) is 4.16. The monoisotopic (exact) mass is 366 g/mol. The average Bonchev–Trinajstić information content (AvgIpc) is 2.90. The van der Waals surface area contributed by atoms with Crippen molar-refractivity contribution >= 4 is 49.0 Å². The van der Waals surface area contributed by atoms with Gasteiger partial charge in [-0.15, -0.1) is 11.3 Å². The molecule has 4 heteroatoms. The zero-order valence-electron chi connectivity index (χ0n) is 10.8. The van der Waals surface area contributed by atoms with Crippen molar-refractivity contribution in [3.8, 4) is 5.75 Å². The predicted molar refractivity (Wildman–Crippen MR) is 90.6 cm³/mol. The highest BCUT2D eigenvalue weighted by molar-refractivity contribution is 9.09.